The molecule has 0 unspecified atom stereocenters. The van der Waals surface area contributed by atoms with E-state index in [2.05, 4.69) is 37.6 Å². The van der Waals surface area contributed by atoms with E-state index >= 15 is 0 Å². The van der Waals surface area contributed by atoms with Crippen LogP contribution in [-0.4, -0.2) is 57.5 Å². The van der Waals surface area contributed by atoms with Crippen LogP contribution >= 0.6 is 12.2 Å². The molecular formula is C26H31N7OS. The summed E-state index contributed by atoms with van der Waals surface area (Å²) in [6.45, 7) is 4.14. The first-order valence-corrected chi connectivity index (χ1v) is 12.7. The Balaban J connectivity index is 1.35. The molecule has 1 saturated carbocycles. The fraction of sp³-hybridized carbons (Fsp3) is 0.462. The number of methoxy groups -OCH3 is 1. The Morgan fingerprint density at radius 3 is 2.49 bits per heavy atom. The number of benzene rings is 1. The van der Waals surface area contributed by atoms with Gasteiger partial charge in [-0.25, -0.2) is 9.67 Å². The van der Waals surface area contributed by atoms with Crippen LogP contribution in [0.2, 0.25) is 0 Å². The Hall–Kier alpha value is -3.22. The minimum Gasteiger partial charge on any atom is -0.497 e. The molecule has 0 radical (unpaired) electrons. The van der Waals surface area contributed by atoms with E-state index in [4.69, 9.17) is 22.1 Å². The lowest BCUT2D eigenvalue weighted by Crippen LogP contribution is -2.47. The van der Waals surface area contributed by atoms with Crippen LogP contribution in [0.1, 0.15) is 43.7 Å². The van der Waals surface area contributed by atoms with Crippen molar-refractivity contribution in [2.45, 2.75) is 44.8 Å². The zero-order chi connectivity index (χ0) is 24.2. The van der Waals surface area contributed by atoms with E-state index in [1.807, 2.05) is 22.9 Å². The molecule has 8 nitrogen and oxygen atoms in total. The van der Waals surface area contributed by atoms with Crippen molar-refractivity contribution in [3.05, 3.63) is 52.9 Å². The molecule has 9 heteroatoms. The number of nitriles is 1. The van der Waals surface area contributed by atoms with Crippen LogP contribution in [0.5, 0.6) is 5.75 Å². The second-order valence-corrected chi connectivity index (χ2v) is 9.62. The molecule has 1 saturated heterocycles. The summed E-state index contributed by atoms with van der Waals surface area (Å²) in [6.07, 6.45) is 7.78. The molecule has 182 valence electrons. The number of ether oxygens (including phenoxy) is 1. The fourth-order valence-electron chi connectivity index (χ4n) is 5.09. The molecule has 35 heavy (non-hydrogen) atoms. The SMILES string of the molecule is COc1ccc(-c2nn(CN3CCN(c4cc(C#N)ccn4)CC3)c(=S)n2C2CCCCC2)cc1. The van der Waals surface area contributed by atoms with Crippen LogP contribution in [0, 0.1) is 16.1 Å². The zero-order valence-corrected chi connectivity index (χ0v) is 21.0. The van der Waals surface area contributed by atoms with Crippen LogP contribution in [0.15, 0.2) is 42.6 Å². The lowest BCUT2D eigenvalue weighted by Gasteiger charge is -2.35. The zero-order valence-electron chi connectivity index (χ0n) is 20.1. The van der Waals surface area contributed by atoms with E-state index in [1.54, 1.807) is 19.4 Å². The van der Waals surface area contributed by atoms with Gasteiger partial charge in [0.1, 0.15) is 11.6 Å². The Labute approximate surface area is 211 Å². The van der Waals surface area contributed by atoms with Gasteiger partial charge in [-0.3, -0.25) is 9.47 Å². The van der Waals surface area contributed by atoms with Gasteiger partial charge < -0.3 is 9.64 Å². The quantitative estimate of drug-likeness (QED) is 0.467. The molecule has 2 fully saturated rings. The standard InChI is InChI=1S/C26H31N7OS/c1-34-23-9-7-21(8-10-23)25-29-32(26(35)33(25)22-5-3-2-4-6-22)19-30-13-15-31(16-14-30)24-17-20(18-27)11-12-28-24/h7-12,17,22H,2-6,13-16,19H2,1H3. The monoisotopic (exact) mass is 489 g/mol. The summed E-state index contributed by atoms with van der Waals surface area (Å²) in [6, 6.07) is 14.3. The van der Waals surface area contributed by atoms with E-state index in [-0.39, 0.29) is 0 Å². The molecule has 3 aromatic rings. The largest absolute Gasteiger partial charge is 0.497 e. The predicted octanol–water partition coefficient (Wildman–Crippen LogP) is 4.64. The van der Waals surface area contributed by atoms with Crippen LogP contribution in [0.4, 0.5) is 5.82 Å². The van der Waals surface area contributed by atoms with Crippen molar-refractivity contribution >= 4 is 18.0 Å². The number of nitrogens with zero attached hydrogens (tertiary/aromatic N) is 7. The van der Waals surface area contributed by atoms with Gasteiger partial charge in [-0.05, 0) is 61.5 Å². The van der Waals surface area contributed by atoms with Crippen LogP contribution in [-0.2, 0) is 6.67 Å². The van der Waals surface area contributed by atoms with E-state index in [1.165, 1.54) is 19.3 Å². The molecular weight excluding hydrogens is 458 g/mol. The second kappa shape index (κ2) is 10.6. The minimum absolute atomic E-state index is 0.400. The average molecular weight is 490 g/mol. The molecule has 0 spiro atoms. The molecule has 0 atom stereocenters. The van der Waals surface area contributed by atoms with Crippen LogP contribution in [0.3, 0.4) is 0 Å². The van der Waals surface area contributed by atoms with Gasteiger partial charge in [-0.1, -0.05) is 19.3 Å². The highest BCUT2D eigenvalue weighted by molar-refractivity contribution is 7.71. The van der Waals surface area contributed by atoms with Crippen molar-refractivity contribution in [2.75, 3.05) is 38.2 Å². The summed E-state index contributed by atoms with van der Waals surface area (Å²) in [5.74, 6) is 2.65. The summed E-state index contributed by atoms with van der Waals surface area (Å²) in [5.41, 5.74) is 1.71. The molecule has 0 N–H and O–H groups in total. The molecule has 5 rings (SSSR count). The van der Waals surface area contributed by atoms with Gasteiger partial charge in [0.2, 0.25) is 0 Å². The second-order valence-electron chi connectivity index (χ2n) is 9.26. The molecule has 1 aromatic carbocycles. The third-order valence-corrected chi connectivity index (χ3v) is 7.47. The molecule has 0 bridgehead atoms. The Morgan fingerprint density at radius 2 is 1.80 bits per heavy atom. The number of anilines is 1. The molecule has 1 aliphatic carbocycles. The van der Waals surface area contributed by atoms with Gasteiger partial charge in [-0.15, -0.1) is 0 Å². The average Bonchev–Trinajstić information content (AvgIpc) is 3.25. The third-order valence-electron chi connectivity index (χ3n) is 7.06. The summed E-state index contributed by atoms with van der Waals surface area (Å²) in [4.78, 5) is 9.08. The highest BCUT2D eigenvalue weighted by Crippen LogP contribution is 2.33. The van der Waals surface area contributed by atoms with Gasteiger partial charge in [0.25, 0.3) is 0 Å². The maximum atomic E-state index is 9.19. The first-order valence-electron chi connectivity index (χ1n) is 12.3. The van der Waals surface area contributed by atoms with Crippen molar-refractivity contribution in [3.8, 4) is 23.2 Å². The number of hydrogen-bond donors (Lipinski definition) is 0. The smallest absolute Gasteiger partial charge is 0.199 e. The van der Waals surface area contributed by atoms with Gasteiger partial charge in [0.15, 0.2) is 10.6 Å². The number of piperazine rings is 1. The normalized spacial score (nSPS) is 17.3. The number of aromatic nitrogens is 4. The Bertz CT molecular complexity index is 1250. The highest BCUT2D eigenvalue weighted by Gasteiger charge is 2.24. The topological polar surface area (TPSA) is 75.1 Å². The number of hydrogen-bond acceptors (Lipinski definition) is 7. The first kappa shape index (κ1) is 23.5. The molecule has 3 heterocycles. The maximum Gasteiger partial charge on any atom is 0.199 e. The summed E-state index contributed by atoms with van der Waals surface area (Å²) < 4.78 is 10.4. The van der Waals surface area contributed by atoms with E-state index < -0.39 is 0 Å². The van der Waals surface area contributed by atoms with Crippen molar-refractivity contribution in [2.24, 2.45) is 0 Å². The molecule has 1 aliphatic heterocycles. The summed E-state index contributed by atoms with van der Waals surface area (Å²) >= 11 is 6.00. The van der Waals surface area contributed by atoms with E-state index in [0.29, 0.717) is 18.3 Å². The van der Waals surface area contributed by atoms with Crippen molar-refractivity contribution in [3.63, 3.8) is 0 Å². The minimum atomic E-state index is 0.400. The van der Waals surface area contributed by atoms with E-state index in [0.717, 1.165) is 66.7 Å². The summed E-state index contributed by atoms with van der Waals surface area (Å²) in [5, 5.41) is 14.2. The Kier molecular flexibility index (Phi) is 7.11. The van der Waals surface area contributed by atoms with Crippen molar-refractivity contribution in [1.29, 1.82) is 5.26 Å². The Morgan fingerprint density at radius 1 is 1.06 bits per heavy atom. The fourth-order valence-corrected chi connectivity index (χ4v) is 5.42. The highest BCUT2D eigenvalue weighted by atomic mass is 32.1. The predicted molar refractivity (Wildman–Crippen MR) is 138 cm³/mol. The molecule has 2 aromatic heterocycles. The van der Waals surface area contributed by atoms with E-state index in [9.17, 15) is 5.26 Å². The number of pyridine rings is 1. The van der Waals surface area contributed by atoms with Gasteiger partial charge >= 0.3 is 0 Å². The van der Waals surface area contributed by atoms with Gasteiger partial charge in [0.05, 0.1) is 25.4 Å². The van der Waals surface area contributed by atoms with Gasteiger partial charge in [-0.2, -0.15) is 10.4 Å². The van der Waals surface area contributed by atoms with Crippen molar-refractivity contribution < 1.29 is 4.74 Å². The van der Waals surface area contributed by atoms with Crippen molar-refractivity contribution in [1.82, 2.24) is 24.2 Å². The third kappa shape index (κ3) is 5.09. The number of rotatable bonds is 6. The lowest BCUT2D eigenvalue weighted by atomic mass is 9.95. The van der Waals surface area contributed by atoms with Crippen LogP contribution in [0.25, 0.3) is 11.4 Å². The van der Waals surface area contributed by atoms with Crippen LogP contribution < -0.4 is 9.64 Å². The first-order chi connectivity index (χ1) is 17.2. The summed E-state index contributed by atoms with van der Waals surface area (Å²) in [7, 11) is 1.68. The molecule has 2 aliphatic rings. The maximum absolute atomic E-state index is 9.19. The molecule has 0 amide bonds. The van der Waals surface area contributed by atoms with Gasteiger partial charge in [0, 0.05) is 44.0 Å². The lowest BCUT2D eigenvalue weighted by molar-refractivity contribution is 0.193.